The van der Waals surface area contributed by atoms with Gasteiger partial charge >= 0.3 is 0 Å². The summed E-state index contributed by atoms with van der Waals surface area (Å²) >= 11 is 1.74. The van der Waals surface area contributed by atoms with Crippen LogP contribution in [0.3, 0.4) is 0 Å². The predicted molar refractivity (Wildman–Crippen MR) is 205 cm³/mol. The Morgan fingerprint density at radius 2 is 1.10 bits per heavy atom. The third kappa shape index (κ3) is 4.77. The van der Waals surface area contributed by atoms with Gasteiger partial charge in [0.2, 0.25) is 0 Å². The van der Waals surface area contributed by atoms with Crippen molar-refractivity contribution < 1.29 is 4.42 Å². The summed E-state index contributed by atoms with van der Waals surface area (Å²) in [7, 11) is 0. The number of hydrogen-bond donors (Lipinski definition) is 0. The summed E-state index contributed by atoms with van der Waals surface area (Å²) in [6, 6.07) is 53.7. The molecule has 5 nitrogen and oxygen atoms in total. The number of aromatic nitrogens is 4. The lowest BCUT2D eigenvalue weighted by Crippen LogP contribution is -1.96. The summed E-state index contributed by atoms with van der Waals surface area (Å²) in [5.74, 6) is 1.31. The normalized spacial score (nSPS) is 11.6. The largest absolute Gasteiger partial charge is 0.456 e. The molecule has 0 bridgehead atoms. The van der Waals surface area contributed by atoms with Gasteiger partial charge in [-0.05, 0) is 36.4 Å². The highest BCUT2D eigenvalue weighted by atomic mass is 32.1. The van der Waals surface area contributed by atoms with Crippen LogP contribution in [0.1, 0.15) is 0 Å². The minimum atomic E-state index is 0.646. The summed E-state index contributed by atoms with van der Waals surface area (Å²) in [6.07, 6.45) is 0. The van der Waals surface area contributed by atoms with E-state index in [-0.39, 0.29) is 0 Å². The van der Waals surface area contributed by atoms with E-state index in [1.165, 1.54) is 4.70 Å². The van der Waals surface area contributed by atoms with Gasteiger partial charge in [0.1, 0.15) is 11.2 Å². The smallest absolute Gasteiger partial charge is 0.161 e. The molecule has 0 saturated heterocycles. The fourth-order valence-corrected chi connectivity index (χ4v) is 7.90. The molecule has 0 aliphatic carbocycles. The van der Waals surface area contributed by atoms with E-state index in [9.17, 15) is 0 Å². The van der Waals surface area contributed by atoms with Crippen molar-refractivity contribution in [1.82, 2.24) is 19.9 Å². The van der Waals surface area contributed by atoms with Gasteiger partial charge in [-0.1, -0.05) is 121 Å². The minimum Gasteiger partial charge on any atom is -0.456 e. The molecule has 234 valence electrons. The van der Waals surface area contributed by atoms with Gasteiger partial charge < -0.3 is 4.42 Å². The fraction of sp³-hybridized carbons (Fsp3) is 0. The molecule has 10 aromatic rings. The number of furan rings is 1. The average molecular weight is 659 g/mol. The lowest BCUT2D eigenvalue weighted by Gasteiger charge is -2.10. The molecule has 0 unspecified atom stereocenters. The SMILES string of the molecule is c1ccc(-c2cc(-c3ccccc3)nc(-c3ccc4oc5cccc(-c6nc(-c7ccccc7)c7sc8ccccc8c7n6)c5c4c3)n2)cc1. The van der Waals surface area contributed by atoms with Crippen LogP contribution in [0.2, 0.25) is 0 Å². The predicted octanol–water partition coefficient (Wildman–Crippen LogP) is 11.9. The van der Waals surface area contributed by atoms with Gasteiger partial charge in [-0.25, -0.2) is 19.9 Å². The fourth-order valence-electron chi connectivity index (χ4n) is 6.75. The van der Waals surface area contributed by atoms with Crippen molar-refractivity contribution in [1.29, 1.82) is 0 Å². The van der Waals surface area contributed by atoms with Crippen molar-refractivity contribution in [3.05, 3.63) is 158 Å². The first-order valence-corrected chi connectivity index (χ1v) is 17.3. The van der Waals surface area contributed by atoms with Crippen LogP contribution in [0.5, 0.6) is 0 Å². The first-order valence-electron chi connectivity index (χ1n) is 16.5. The Morgan fingerprint density at radius 3 is 1.82 bits per heavy atom. The van der Waals surface area contributed by atoms with E-state index in [0.717, 1.165) is 82.4 Å². The molecule has 0 saturated carbocycles. The standard InChI is InChI=1S/C44H26N4OS/c1-4-13-27(14-5-1)34-26-35(28-15-6-2-7-16-28)46-43(45-34)30-23-24-36-33(25-30)39-32(20-12-21-37(39)49-36)44-47-40(29-17-8-3-9-18-29)42-41(48-44)31-19-10-11-22-38(31)50-42/h1-26H. The van der Waals surface area contributed by atoms with Crippen LogP contribution in [-0.2, 0) is 0 Å². The van der Waals surface area contributed by atoms with Crippen molar-refractivity contribution in [2.75, 3.05) is 0 Å². The quantitative estimate of drug-likeness (QED) is 0.184. The highest BCUT2D eigenvalue weighted by Crippen LogP contribution is 2.42. The molecule has 4 aromatic heterocycles. The van der Waals surface area contributed by atoms with E-state index in [0.29, 0.717) is 11.6 Å². The van der Waals surface area contributed by atoms with Crippen LogP contribution in [0.4, 0.5) is 0 Å². The summed E-state index contributed by atoms with van der Waals surface area (Å²) in [6.45, 7) is 0. The Kier molecular flexibility index (Phi) is 6.60. The minimum absolute atomic E-state index is 0.646. The summed E-state index contributed by atoms with van der Waals surface area (Å²) < 4.78 is 8.73. The molecule has 0 atom stereocenters. The third-order valence-electron chi connectivity index (χ3n) is 9.13. The molecule has 6 aromatic carbocycles. The molecule has 50 heavy (non-hydrogen) atoms. The number of benzene rings is 6. The Balaban J connectivity index is 1.20. The topological polar surface area (TPSA) is 64.7 Å². The summed E-state index contributed by atoms with van der Waals surface area (Å²) in [5, 5.41) is 3.05. The van der Waals surface area contributed by atoms with Crippen molar-refractivity contribution in [2.24, 2.45) is 0 Å². The zero-order valence-corrected chi connectivity index (χ0v) is 27.4. The van der Waals surface area contributed by atoms with Crippen molar-refractivity contribution in [3.63, 3.8) is 0 Å². The monoisotopic (exact) mass is 658 g/mol. The molecular weight excluding hydrogens is 633 g/mol. The van der Waals surface area contributed by atoms with E-state index in [2.05, 4.69) is 91.0 Å². The van der Waals surface area contributed by atoms with Crippen LogP contribution >= 0.6 is 11.3 Å². The molecule has 0 aliphatic rings. The number of hydrogen-bond acceptors (Lipinski definition) is 6. The van der Waals surface area contributed by atoms with Crippen molar-refractivity contribution >= 4 is 53.6 Å². The lowest BCUT2D eigenvalue weighted by atomic mass is 10.0. The lowest BCUT2D eigenvalue weighted by molar-refractivity contribution is 0.669. The third-order valence-corrected chi connectivity index (χ3v) is 10.3. The zero-order valence-electron chi connectivity index (χ0n) is 26.6. The highest BCUT2D eigenvalue weighted by molar-refractivity contribution is 7.26. The summed E-state index contributed by atoms with van der Waals surface area (Å²) in [4.78, 5) is 20.7. The Morgan fingerprint density at radius 1 is 0.440 bits per heavy atom. The molecule has 6 heteroatoms. The van der Waals surface area contributed by atoms with Gasteiger partial charge in [-0.3, -0.25) is 0 Å². The maximum Gasteiger partial charge on any atom is 0.161 e. The van der Waals surface area contributed by atoms with E-state index in [1.54, 1.807) is 11.3 Å². The zero-order chi connectivity index (χ0) is 33.0. The van der Waals surface area contributed by atoms with E-state index in [1.807, 2.05) is 66.7 Å². The van der Waals surface area contributed by atoms with Crippen molar-refractivity contribution in [3.8, 4) is 56.5 Å². The second-order valence-electron chi connectivity index (χ2n) is 12.2. The highest BCUT2D eigenvalue weighted by Gasteiger charge is 2.20. The molecule has 10 rings (SSSR count). The van der Waals surface area contributed by atoms with Crippen molar-refractivity contribution in [2.45, 2.75) is 0 Å². The first kappa shape index (κ1) is 28.5. The molecule has 4 heterocycles. The van der Waals surface area contributed by atoms with E-state index in [4.69, 9.17) is 24.4 Å². The van der Waals surface area contributed by atoms with Crippen LogP contribution in [0.15, 0.2) is 162 Å². The maximum atomic E-state index is 6.45. The Hall–Kier alpha value is -6.50. The van der Waals surface area contributed by atoms with Crippen LogP contribution in [0.25, 0.3) is 98.8 Å². The average Bonchev–Trinajstić information content (AvgIpc) is 3.76. The molecule has 0 spiro atoms. The van der Waals surface area contributed by atoms with Crippen LogP contribution < -0.4 is 0 Å². The van der Waals surface area contributed by atoms with E-state index >= 15 is 0 Å². The molecule has 0 N–H and O–H groups in total. The summed E-state index contributed by atoms with van der Waals surface area (Å²) in [5.41, 5.74) is 10.1. The number of nitrogens with zero attached hydrogens (tertiary/aromatic N) is 4. The molecular formula is C44H26N4OS. The number of rotatable bonds is 5. The second kappa shape index (κ2) is 11.6. The molecule has 0 fully saturated rings. The van der Waals surface area contributed by atoms with Crippen LogP contribution in [-0.4, -0.2) is 19.9 Å². The van der Waals surface area contributed by atoms with Gasteiger partial charge in [0, 0.05) is 48.7 Å². The maximum absolute atomic E-state index is 6.45. The van der Waals surface area contributed by atoms with Gasteiger partial charge in [-0.2, -0.15) is 0 Å². The van der Waals surface area contributed by atoms with E-state index < -0.39 is 0 Å². The molecule has 0 aliphatic heterocycles. The molecule has 0 radical (unpaired) electrons. The van der Waals surface area contributed by atoms with Gasteiger partial charge in [0.05, 0.1) is 27.3 Å². The van der Waals surface area contributed by atoms with Gasteiger partial charge in [0.15, 0.2) is 11.6 Å². The Labute approximate surface area is 291 Å². The molecule has 0 amide bonds. The number of fused-ring (bicyclic) bond motifs is 6. The Bertz CT molecular complexity index is 2810. The second-order valence-corrected chi connectivity index (χ2v) is 13.3. The van der Waals surface area contributed by atoms with Gasteiger partial charge in [0.25, 0.3) is 0 Å². The van der Waals surface area contributed by atoms with Gasteiger partial charge in [-0.15, -0.1) is 11.3 Å². The van der Waals surface area contributed by atoms with Crippen LogP contribution in [0, 0.1) is 0 Å². The number of thiophene rings is 1. The first-order chi connectivity index (χ1) is 24.8.